The van der Waals surface area contributed by atoms with Crippen molar-refractivity contribution in [1.29, 1.82) is 0 Å². The van der Waals surface area contributed by atoms with Crippen LogP contribution in [0.3, 0.4) is 0 Å². The second kappa shape index (κ2) is 2.91. The van der Waals surface area contributed by atoms with Gasteiger partial charge in [-0.25, -0.2) is 6.57 Å². The van der Waals surface area contributed by atoms with Crippen LogP contribution in [0.2, 0.25) is 0 Å². The number of halogens is 1. The van der Waals surface area contributed by atoms with Crippen LogP contribution in [0, 0.1) is 6.57 Å². The number of hydrogen-bond donors (Lipinski definition) is 0. The molecule has 0 saturated carbocycles. The second-order valence-electron chi connectivity index (χ2n) is 3.03. The molecule has 1 aliphatic rings. The van der Waals surface area contributed by atoms with Gasteiger partial charge in [-0.05, 0) is 24.1 Å². The van der Waals surface area contributed by atoms with Crippen molar-refractivity contribution in [3.05, 3.63) is 45.2 Å². The van der Waals surface area contributed by atoms with E-state index in [0.717, 1.165) is 17.3 Å². The normalized spacial score (nSPS) is 20.2. The Hall–Kier alpha value is -0.810. The first-order valence-electron chi connectivity index (χ1n) is 3.96. The van der Waals surface area contributed by atoms with Gasteiger partial charge in [-0.2, -0.15) is 0 Å². The monoisotopic (exact) mass is 221 g/mol. The molecule has 0 aromatic heterocycles. The van der Waals surface area contributed by atoms with Gasteiger partial charge in [-0.15, -0.1) is 0 Å². The highest BCUT2D eigenvalue weighted by Gasteiger charge is 2.26. The Bertz CT molecular complexity index is 351. The van der Waals surface area contributed by atoms with Gasteiger partial charge in [0.25, 0.3) is 0 Å². The maximum atomic E-state index is 7.01. The molecular weight excluding hydrogens is 214 g/mol. The fraction of sp³-hybridized carbons (Fsp3) is 0.300. The molecule has 1 aliphatic carbocycles. The summed E-state index contributed by atoms with van der Waals surface area (Å²) in [7, 11) is 0. The van der Waals surface area contributed by atoms with E-state index in [1.54, 1.807) is 0 Å². The Morgan fingerprint density at radius 3 is 3.08 bits per heavy atom. The maximum Gasteiger partial charge on any atom is 0.249 e. The molecule has 2 rings (SSSR count). The smallest absolute Gasteiger partial charge is 0.249 e. The number of rotatable bonds is 0. The van der Waals surface area contributed by atoms with Gasteiger partial charge in [0.15, 0.2) is 0 Å². The van der Waals surface area contributed by atoms with Crippen LogP contribution < -0.4 is 0 Å². The molecule has 0 radical (unpaired) electrons. The summed E-state index contributed by atoms with van der Waals surface area (Å²) in [5, 5.41) is 0. The average molecular weight is 222 g/mol. The Labute approximate surface area is 80.4 Å². The van der Waals surface area contributed by atoms with E-state index in [-0.39, 0.29) is 6.04 Å². The van der Waals surface area contributed by atoms with Crippen molar-refractivity contribution in [2.45, 2.75) is 18.9 Å². The molecule has 1 nitrogen and oxygen atoms in total. The van der Waals surface area contributed by atoms with E-state index in [4.69, 9.17) is 6.57 Å². The molecule has 0 amide bonds. The topological polar surface area (TPSA) is 4.36 Å². The zero-order valence-electron chi connectivity index (χ0n) is 6.55. The molecule has 1 aromatic rings. The summed E-state index contributed by atoms with van der Waals surface area (Å²) in [6, 6.07) is 6.35. The van der Waals surface area contributed by atoms with E-state index >= 15 is 0 Å². The summed E-state index contributed by atoms with van der Waals surface area (Å²) < 4.78 is 1.08. The predicted octanol–water partition coefficient (Wildman–Crippen LogP) is 3.36. The number of hydrogen-bond acceptors (Lipinski definition) is 0. The van der Waals surface area contributed by atoms with Gasteiger partial charge >= 0.3 is 0 Å². The van der Waals surface area contributed by atoms with Crippen molar-refractivity contribution in [3.63, 3.8) is 0 Å². The Kier molecular flexibility index (Phi) is 1.90. The number of aryl methyl sites for hydroxylation is 1. The molecule has 0 heterocycles. The Morgan fingerprint density at radius 2 is 2.33 bits per heavy atom. The van der Waals surface area contributed by atoms with Crippen LogP contribution in [0.25, 0.3) is 4.85 Å². The molecule has 1 unspecified atom stereocenters. The van der Waals surface area contributed by atoms with Crippen molar-refractivity contribution in [2.24, 2.45) is 0 Å². The van der Waals surface area contributed by atoms with Crippen LogP contribution in [0.1, 0.15) is 23.6 Å². The highest BCUT2D eigenvalue weighted by atomic mass is 79.9. The van der Waals surface area contributed by atoms with Crippen molar-refractivity contribution in [2.75, 3.05) is 0 Å². The van der Waals surface area contributed by atoms with Crippen molar-refractivity contribution < 1.29 is 0 Å². The van der Waals surface area contributed by atoms with Crippen LogP contribution >= 0.6 is 15.9 Å². The highest BCUT2D eigenvalue weighted by Crippen LogP contribution is 2.35. The average Bonchev–Trinajstić information content (AvgIpc) is 2.46. The summed E-state index contributed by atoms with van der Waals surface area (Å²) in [6.07, 6.45) is 2.06. The molecule has 0 fully saturated rings. The maximum absolute atomic E-state index is 7.01. The van der Waals surface area contributed by atoms with E-state index in [9.17, 15) is 0 Å². The van der Waals surface area contributed by atoms with Gasteiger partial charge in [-0.3, -0.25) is 0 Å². The van der Waals surface area contributed by atoms with Gasteiger partial charge in [0.05, 0.1) is 0 Å². The lowest BCUT2D eigenvalue weighted by molar-refractivity contribution is 0.809. The first-order valence-corrected chi connectivity index (χ1v) is 4.75. The lowest BCUT2D eigenvalue weighted by Gasteiger charge is -1.98. The standard InChI is InChI=1S/C10H8BrN/c1-12-10-5-3-7-2-4-8(11)6-9(7)10/h2,4,6,10H,3,5H2. The van der Waals surface area contributed by atoms with Gasteiger partial charge in [0, 0.05) is 16.5 Å². The van der Waals surface area contributed by atoms with Gasteiger partial charge in [0.2, 0.25) is 6.04 Å². The molecular formula is C10H8BrN. The van der Waals surface area contributed by atoms with Crippen molar-refractivity contribution in [3.8, 4) is 0 Å². The Balaban J connectivity index is 2.51. The molecule has 0 bridgehead atoms. The largest absolute Gasteiger partial charge is 0.308 e. The van der Waals surface area contributed by atoms with Gasteiger partial charge in [-0.1, -0.05) is 22.0 Å². The highest BCUT2D eigenvalue weighted by molar-refractivity contribution is 9.10. The molecule has 1 atom stereocenters. The third-order valence-electron chi connectivity index (χ3n) is 2.31. The van der Waals surface area contributed by atoms with Gasteiger partial charge < -0.3 is 4.85 Å². The first kappa shape index (κ1) is 7.82. The molecule has 0 saturated heterocycles. The molecule has 12 heavy (non-hydrogen) atoms. The minimum absolute atomic E-state index is 0.109. The molecule has 2 heteroatoms. The zero-order valence-corrected chi connectivity index (χ0v) is 8.13. The summed E-state index contributed by atoms with van der Waals surface area (Å²) in [5.74, 6) is 0. The molecule has 0 spiro atoms. The third-order valence-corrected chi connectivity index (χ3v) is 2.80. The SMILES string of the molecule is [C-]#[N+]C1CCc2ccc(Br)cc21. The van der Waals surface area contributed by atoms with E-state index in [2.05, 4.69) is 32.9 Å². The van der Waals surface area contributed by atoms with E-state index in [0.29, 0.717) is 0 Å². The minimum atomic E-state index is 0.109. The number of benzene rings is 1. The van der Waals surface area contributed by atoms with Crippen molar-refractivity contribution >= 4 is 15.9 Å². The molecule has 0 aliphatic heterocycles. The summed E-state index contributed by atoms with van der Waals surface area (Å²) in [6.45, 7) is 7.01. The number of fused-ring (bicyclic) bond motifs is 1. The van der Waals surface area contributed by atoms with Crippen LogP contribution in [0.4, 0.5) is 0 Å². The van der Waals surface area contributed by atoms with Crippen LogP contribution in [0.5, 0.6) is 0 Å². The first-order chi connectivity index (χ1) is 5.81. The van der Waals surface area contributed by atoms with E-state index in [1.165, 1.54) is 11.1 Å². The number of nitrogens with zero attached hydrogens (tertiary/aromatic N) is 1. The minimum Gasteiger partial charge on any atom is -0.308 e. The fourth-order valence-electron chi connectivity index (χ4n) is 1.69. The lowest BCUT2D eigenvalue weighted by Crippen LogP contribution is -1.85. The lowest BCUT2D eigenvalue weighted by atomic mass is 10.1. The fourth-order valence-corrected chi connectivity index (χ4v) is 2.06. The quantitative estimate of drug-likeness (QED) is 0.593. The summed E-state index contributed by atoms with van der Waals surface area (Å²) in [4.78, 5) is 3.60. The summed E-state index contributed by atoms with van der Waals surface area (Å²) >= 11 is 3.42. The molecule has 60 valence electrons. The van der Waals surface area contributed by atoms with Gasteiger partial charge in [0.1, 0.15) is 0 Å². The van der Waals surface area contributed by atoms with Crippen molar-refractivity contribution in [1.82, 2.24) is 0 Å². The summed E-state index contributed by atoms with van der Waals surface area (Å²) in [5.41, 5.74) is 2.57. The van der Waals surface area contributed by atoms with E-state index in [1.807, 2.05) is 6.07 Å². The zero-order chi connectivity index (χ0) is 8.55. The third kappa shape index (κ3) is 1.15. The van der Waals surface area contributed by atoms with Crippen LogP contribution in [-0.4, -0.2) is 0 Å². The molecule has 0 N–H and O–H groups in total. The predicted molar refractivity (Wildman–Crippen MR) is 51.8 cm³/mol. The van der Waals surface area contributed by atoms with Crippen LogP contribution in [-0.2, 0) is 6.42 Å². The van der Waals surface area contributed by atoms with Crippen LogP contribution in [0.15, 0.2) is 22.7 Å². The Morgan fingerprint density at radius 1 is 1.50 bits per heavy atom. The second-order valence-corrected chi connectivity index (χ2v) is 3.94. The molecule has 1 aromatic carbocycles. The van der Waals surface area contributed by atoms with E-state index < -0.39 is 0 Å².